The molecule has 1 fully saturated rings. The van der Waals surface area contributed by atoms with Gasteiger partial charge in [-0.15, -0.1) is 0 Å². The van der Waals surface area contributed by atoms with E-state index in [1.165, 1.54) is 0 Å². The van der Waals surface area contributed by atoms with Crippen LogP contribution in [0.2, 0.25) is 0 Å². The molecule has 0 saturated heterocycles. The van der Waals surface area contributed by atoms with E-state index in [0.29, 0.717) is 5.75 Å². The van der Waals surface area contributed by atoms with E-state index in [1.807, 2.05) is 30.3 Å². The second-order valence-corrected chi connectivity index (χ2v) is 5.04. The Kier molecular flexibility index (Phi) is 4.80. The lowest BCUT2D eigenvalue weighted by Gasteiger charge is -2.29. The number of nitrogens with one attached hydrogen (secondary N) is 1. The van der Waals surface area contributed by atoms with Crippen molar-refractivity contribution in [3.8, 4) is 5.75 Å². The van der Waals surface area contributed by atoms with Crippen LogP contribution in [0.4, 0.5) is 0 Å². The van der Waals surface area contributed by atoms with Crippen LogP contribution >= 0.6 is 0 Å². The van der Waals surface area contributed by atoms with E-state index in [9.17, 15) is 9.90 Å². The molecule has 3 atom stereocenters. The fraction of sp³-hybridized carbons (Fsp3) is 0.533. The second kappa shape index (κ2) is 6.57. The molecule has 19 heavy (non-hydrogen) atoms. The van der Waals surface area contributed by atoms with Gasteiger partial charge in [0.1, 0.15) is 5.75 Å². The number of hydrogen-bond donors (Lipinski definition) is 2. The normalized spacial score (nSPS) is 24.5. The lowest BCUT2D eigenvalue weighted by molar-refractivity contribution is -0.129. The summed E-state index contributed by atoms with van der Waals surface area (Å²) in [5.74, 6) is 0.504. The smallest absolute Gasteiger partial charge is 0.261 e. The van der Waals surface area contributed by atoms with Gasteiger partial charge in [0.2, 0.25) is 0 Å². The lowest BCUT2D eigenvalue weighted by atomic mass is 9.92. The van der Waals surface area contributed by atoms with Crippen molar-refractivity contribution in [3.63, 3.8) is 0 Å². The monoisotopic (exact) mass is 263 g/mol. The molecule has 104 valence electrons. The molecule has 1 aliphatic rings. The number of hydrogen-bond acceptors (Lipinski definition) is 3. The Hall–Kier alpha value is -1.55. The highest BCUT2D eigenvalue weighted by molar-refractivity contribution is 5.81. The van der Waals surface area contributed by atoms with E-state index in [4.69, 9.17) is 4.74 Å². The second-order valence-electron chi connectivity index (χ2n) is 5.04. The molecule has 0 spiro atoms. The maximum atomic E-state index is 12.0. The van der Waals surface area contributed by atoms with Crippen molar-refractivity contribution in [2.75, 3.05) is 0 Å². The lowest BCUT2D eigenvalue weighted by Crippen LogP contribution is -2.49. The largest absolute Gasteiger partial charge is 0.481 e. The molecule has 2 N–H and O–H groups in total. The van der Waals surface area contributed by atoms with E-state index >= 15 is 0 Å². The minimum atomic E-state index is -0.559. The molecule has 2 rings (SSSR count). The van der Waals surface area contributed by atoms with Crippen LogP contribution in [0, 0.1) is 0 Å². The summed E-state index contributed by atoms with van der Waals surface area (Å²) in [6, 6.07) is 9.13. The molecule has 1 amide bonds. The quantitative estimate of drug-likeness (QED) is 0.872. The Bertz CT molecular complexity index is 407. The summed E-state index contributed by atoms with van der Waals surface area (Å²) in [7, 11) is 0. The molecule has 4 nitrogen and oxygen atoms in total. The van der Waals surface area contributed by atoms with Crippen LogP contribution in [0.15, 0.2) is 30.3 Å². The van der Waals surface area contributed by atoms with Gasteiger partial charge in [-0.1, -0.05) is 31.0 Å². The first-order valence-electron chi connectivity index (χ1n) is 6.87. The van der Waals surface area contributed by atoms with Crippen molar-refractivity contribution >= 4 is 5.91 Å². The van der Waals surface area contributed by atoms with Crippen LogP contribution in [0.25, 0.3) is 0 Å². The number of para-hydroxylation sites is 1. The van der Waals surface area contributed by atoms with Crippen molar-refractivity contribution in [2.45, 2.75) is 50.9 Å². The minimum Gasteiger partial charge on any atom is -0.481 e. The third-order valence-corrected chi connectivity index (χ3v) is 3.48. The van der Waals surface area contributed by atoms with Gasteiger partial charge in [-0.25, -0.2) is 0 Å². The van der Waals surface area contributed by atoms with Gasteiger partial charge in [0.25, 0.3) is 5.91 Å². The van der Waals surface area contributed by atoms with Gasteiger partial charge in [-0.2, -0.15) is 0 Å². The van der Waals surface area contributed by atoms with Crippen LogP contribution in [-0.2, 0) is 4.79 Å². The summed E-state index contributed by atoms with van der Waals surface area (Å²) >= 11 is 0. The fourth-order valence-corrected chi connectivity index (χ4v) is 2.34. The van der Waals surface area contributed by atoms with Crippen LogP contribution in [0.5, 0.6) is 5.75 Å². The van der Waals surface area contributed by atoms with Crippen LogP contribution in [-0.4, -0.2) is 29.3 Å². The van der Waals surface area contributed by atoms with Gasteiger partial charge < -0.3 is 15.2 Å². The molecule has 1 aromatic rings. The number of ether oxygens (including phenoxy) is 1. The fourth-order valence-electron chi connectivity index (χ4n) is 2.34. The zero-order chi connectivity index (χ0) is 13.7. The van der Waals surface area contributed by atoms with E-state index < -0.39 is 12.2 Å². The average Bonchev–Trinajstić information content (AvgIpc) is 2.42. The molecule has 1 aliphatic carbocycles. The summed E-state index contributed by atoms with van der Waals surface area (Å²) in [4.78, 5) is 12.0. The molecule has 4 heteroatoms. The molecule has 1 aromatic carbocycles. The van der Waals surface area contributed by atoms with Gasteiger partial charge in [0.15, 0.2) is 6.10 Å². The van der Waals surface area contributed by atoms with Crippen LogP contribution in [0.3, 0.4) is 0 Å². The highest BCUT2D eigenvalue weighted by atomic mass is 16.5. The number of rotatable bonds is 4. The maximum absolute atomic E-state index is 12.0. The SMILES string of the molecule is CC(Oc1ccccc1)C(=O)N[C@@H]1CCCC[C@H]1O. The molecular formula is C15H21NO3. The molecule has 0 radical (unpaired) electrons. The Balaban J connectivity index is 1.85. The summed E-state index contributed by atoms with van der Waals surface area (Å²) in [6.45, 7) is 1.72. The zero-order valence-corrected chi connectivity index (χ0v) is 11.2. The van der Waals surface area contributed by atoms with E-state index in [1.54, 1.807) is 6.92 Å². The summed E-state index contributed by atoms with van der Waals surface area (Å²) < 4.78 is 5.56. The Morgan fingerprint density at radius 1 is 1.32 bits per heavy atom. The number of carbonyl (C=O) groups excluding carboxylic acids is 1. The Morgan fingerprint density at radius 2 is 2.00 bits per heavy atom. The minimum absolute atomic E-state index is 0.136. The highest BCUT2D eigenvalue weighted by Gasteiger charge is 2.26. The predicted octanol–water partition coefficient (Wildman–Crippen LogP) is 1.87. The highest BCUT2D eigenvalue weighted by Crippen LogP contribution is 2.18. The summed E-state index contributed by atoms with van der Waals surface area (Å²) in [5.41, 5.74) is 0. The molecule has 0 heterocycles. The standard InChI is InChI=1S/C15H21NO3/c1-11(19-12-7-3-2-4-8-12)15(18)16-13-9-5-6-10-14(13)17/h2-4,7-8,11,13-14,17H,5-6,9-10H2,1H3,(H,16,18)/t11?,13-,14-/m1/s1. The van der Waals surface area contributed by atoms with E-state index in [0.717, 1.165) is 25.7 Å². The molecule has 0 aliphatic heterocycles. The van der Waals surface area contributed by atoms with Gasteiger partial charge in [-0.3, -0.25) is 4.79 Å². The van der Waals surface area contributed by atoms with Crippen LogP contribution < -0.4 is 10.1 Å². The number of amides is 1. The first-order chi connectivity index (χ1) is 9.16. The van der Waals surface area contributed by atoms with Gasteiger partial charge in [0.05, 0.1) is 12.1 Å². The summed E-state index contributed by atoms with van der Waals surface area (Å²) in [5, 5.41) is 12.7. The average molecular weight is 263 g/mol. The van der Waals surface area contributed by atoms with Gasteiger partial charge >= 0.3 is 0 Å². The molecule has 1 unspecified atom stereocenters. The third-order valence-electron chi connectivity index (χ3n) is 3.48. The predicted molar refractivity (Wildman–Crippen MR) is 72.9 cm³/mol. The van der Waals surface area contributed by atoms with Crippen molar-refractivity contribution in [1.82, 2.24) is 5.32 Å². The Morgan fingerprint density at radius 3 is 2.68 bits per heavy atom. The molecule has 0 aromatic heterocycles. The van der Waals surface area contributed by atoms with E-state index in [-0.39, 0.29) is 11.9 Å². The molecule has 1 saturated carbocycles. The first kappa shape index (κ1) is 13.9. The topological polar surface area (TPSA) is 58.6 Å². The van der Waals surface area contributed by atoms with Crippen molar-refractivity contribution in [3.05, 3.63) is 30.3 Å². The van der Waals surface area contributed by atoms with Crippen molar-refractivity contribution in [1.29, 1.82) is 0 Å². The maximum Gasteiger partial charge on any atom is 0.261 e. The first-order valence-corrected chi connectivity index (χ1v) is 6.87. The van der Waals surface area contributed by atoms with Crippen molar-refractivity contribution in [2.24, 2.45) is 0 Å². The summed E-state index contributed by atoms with van der Waals surface area (Å²) in [6.07, 6.45) is 2.70. The molecular weight excluding hydrogens is 242 g/mol. The number of benzene rings is 1. The molecule has 0 bridgehead atoms. The van der Waals surface area contributed by atoms with Crippen LogP contribution in [0.1, 0.15) is 32.6 Å². The number of aliphatic hydroxyl groups is 1. The third kappa shape index (κ3) is 3.96. The number of aliphatic hydroxyl groups excluding tert-OH is 1. The van der Waals surface area contributed by atoms with Crippen molar-refractivity contribution < 1.29 is 14.6 Å². The zero-order valence-electron chi connectivity index (χ0n) is 11.2. The van der Waals surface area contributed by atoms with E-state index in [2.05, 4.69) is 5.32 Å². The van der Waals surface area contributed by atoms with Gasteiger partial charge in [0, 0.05) is 0 Å². The number of carbonyl (C=O) groups is 1. The Labute approximate surface area is 113 Å². The van der Waals surface area contributed by atoms with Gasteiger partial charge in [-0.05, 0) is 31.9 Å².